The minimum atomic E-state index is -0.130. The number of benzene rings is 1. The second kappa shape index (κ2) is 6.55. The van der Waals surface area contributed by atoms with E-state index in [2.05, 4.69) is 22.9 Å². The van der Waals surface area contributed by atoms with Crippen LogP contribution in [-0.4, -0.2) is 17.1 Å². The number of aromatic nitrogens is 1. The fourth-order valence-corrected chi connectivity index (χ4v) is 3.82. The van der Waals surface area contributed by atoms with Crippen LogP contribution in [0.3, 0.4) is 0 Å². The molecule has 22 heavy (non-hydrogen) atoms. The Bertz CT molecular complexity index is 652. The van der Waals surface area contributed by atoms with Crippen LogP contribution in [0.1, 0.15) is 50.5 Å². The molecule has 0 bridgehead atoms. The summed E-state index contributed by atoms with van der Waals surface area (Å²) in [6.07, 6.45) is 8.14. The van der Waals surface area contributed by atoms with Crippen molar-refractivity contribution in [3.63, 3.8) is 0 Å². The third kappa shape index (κ3) is 2.90. The Morgan fingerprint density at radius 3 is 2.77 bits per heavy atom. The summed E-state index contributed by atoms with van der Waals surface area (Å²) in [7, 11) is 2.05. The average molecular weight is 299 g/mol. The maximum atomic E-state index is 12.6. The van der Waals surface area contributed by atoms with Crippen LogP contribution in [0.15, 0.2) is 30.5 Å². The first-order chi connectivity index (χ1) is 10.7. The zero-order valence-corrected chi connectivity index (χ0v) is 13.5. The van der Waals surface area contributed by atoms with Crippen molar-refractivity contribution in [3.8, 4) is 0 Å². The van der Waals surface area contributed by atoms with Gasteiger partial charge in [0.2, 0.25) is 0 Å². The summed E-state index contributed by atoms with van der Waals surface area (Å²) >= 11 is 0. The SMILES string of the molecule is CCOC(=O)C(CC1CCCC1)c1cn(C)c2ccccc12. The van der Waals surface area contributed by atoms with Gasteiger partial charge in [0.15, 0.2) is 0 Å². The van der Waals surface area contributed by atoms with E-state index in [1.807, 2.05) is 26.1 Å². The van der Waals surface area contributed by atoms with Crippen LogP contribution in [0.2, 0.25) is 0 Å². The first-order valence-corrected chi connectivity index (χ1v) is 8.41. The first-order valence-electron chi connectivity index (χ1n) is 8.41. The summed E-state index contributed by atoms with van der Waals surface area (Å²) in [5.41, 5.74) is 2.31. The molecule has 1 aliphatic rings. The topological polar surface area (TPSA) is 31.2 Å². The van der Waals surface area contributed by atoms with Crippen molar-refractivity contribution in [2.45, 2.75) is 44.9 Å². The average Bonchev–Trinajstić information content (AvgIpc) is 3.14. The molecule has 0 amide bonds. The Kier molecular flexibility index (Phi) is 4.51. The van der Waals surface area contributed by atoms with Gasteiger partial charge in [-0.3, -0.25) is 4.79 Å². The van der Waals surface area contributed by atoms with Crippen molar-refractivity contribution < 1.29 is 9.53 Å². The minimum Gasteiger partial charge on any atom is -0.466 e. The smallest absolute Gasteiger partial charge is 0.313 e. The summed E-state index contributed by atoms with van der Waals surface area (Å²) in [4.78, 5) is 12.6. The Hall–Kier alpha value is -1.77. The normalized spacial score (nSPS) is 17.0. The molecule has 0 radical (unpaired) electrons. The number of carbonyl (C=O) groups excluding carboxylic acids is 1. The van der Waals surface area contributed by atoms with E-state index in [4.69, 9.17) is 4.74 Å². The van der Waals surface area contributed by atoms with Crippen LogP contribution in [0.4, 0.5) is 0 Å². The van der Waals surface area contributed by atoms with Gasteiger partial charge in [-0.1, -0.05) is 43.9 Å². The lowest BCUT2D eigenvalue weighted by Gasteiger charge is -2.19. The number of aryl methyl sites for hydroxylation is 1. The van der Waals surface area contributed by atoms with Gasteiger partial charge < -0.3 is 9.30 Å². The molecule has 1 saturated carbocycles. The molecule has 1 aliphatic carbocycles. The predicted octanol–water partition coefficient (Wildman–Crippen LogP) is 4.41. The first kappa shape index (κ1) is 15.1. The van der Waals surface area contributed by atoms with Crippen molar-refractivity contribution >= 4 is 16.9 Å². The second-order valence-electron chi connectivity index (χ2n) is 6.40. The highest BCUT2D eigenvalue weighted by atomic mass is 16.5. The van der Waals surface area contributed by atoms with Crippen molar-refractivity contribution in [1.82, 2.24) is 4.57 Å². The van der Waals surface area contributed by atoms with E-state index in [1.165, 1.54) is 36.6 Å². The van der Waals surface area contributed by atoms with Gasteiger partial charge in [-0.2, -0.15) is 0 Å². The van der Waals surface area contributed by atoms with Gasteiger partial charge in [0.1, 0.15) is 0 Å². The number of para-hydroxylation sites is 1. The molecule has 2 aromatic rings. The fourth-order valence-electron chi connectivity index (χ4n) is 3.82. The number of fused-ring (bicyclic) bond motifs is 1. The molecule has 0 spiro atoms. The largest absolute Gasteiger partial charge is 0.466 e. The molecule has 1 aromatic carbocycles. The summed E-state index contributed by atoms with van der Waals surface area (Å²) < 4.78 is 7.50. The van der Waals surface area contributed by atoms with Crippen LogP contribution in [0.5, 0.6) is 0 Å². The Labute approximate surface area is 132 Å². The van der Waals surface area contributed by atoms with Crippen molar-refractivity contribution in [2.75, 3.05) is 6.61 Å². The van der Waals surface area contributed by atoms with Crippen LogP contribution < -0.4 is 0 Å². The summed E-state index contributed by atoms with van der Waals surface area (Å²) in [5, 5.41) is 1.18. The molecule has 1 unspecified atom stereocenters. The lowest BCUT2D eigenvalue weighted by Crippen LogP contribution is -2.18. The monoisotopic (exact) mass is 299 g/mol. The molecular weight excluding hydrogens is 274 g/mol. The molecule has 118 valence electrons. The molecule has 0 aliphatic heterocycles. The third-order valence-corrected chi connectivity index (χ3v) is 4.92. The van der Waals surface area contributed by atoms with Crippen molar-refractivity contribution in [3.05, 3.63) is 36.0 Å². The molecule has 1 aromatic heterocycles. The summed E-state index contributed by atoms with van der Waals surface area (Å²) in [6, 6.07) is 8.31. The van der Waals surface area contributed by atoms with Gasteiger partial charge in [-0.05, 0) is 30.9 Å². The highest BCUT2D eigenvalue weighted by Gasteiger charge is 2.29. The summed E-state index contributed by atoms with van der Waals surface area (Å²) in [6.45, 7) is 2.33. The fraction of sp³-hybridized carbons (Fsp3) is 0.526. The Morgan fingerprint density at radius 1 is 1.32 bits per heavy atom. The van der Waals surface area contributed by atoms with E-state index in [0.717, 1.165) is 12.0 Å². The molecule has 1 heterocycles. The maximum absolute atomic E-state index is 12.6. The molecule has 1 atom stereocenters. The predicted molar refractivity (Wildman–Crippen MR) is 88.9 cm³/mol. The zero-order valence-electron chi connectivity index (χ0n) is 13.5. The van der Waals surface area contributed by atoms with Gasteiger partial charge in [-0.15, -0.1) is 0 Å². The van der Waals surface area contributed by atoms with E-state index in [9.17, 15) is 4.79 Å². The molecule has 1 fully saturated rings. The molecule has 3 nitrogen and oxygen atoms in total. The maximum Gasteiger partial charge on any atom is 0.313 e. The third-order valence-electron chi connectivity index (χ3n) is 4.92. The zero-order chi connectivity index (χ0) is 15.5. The number of rotatable bonds is 5. The van der Waals surface area contributed by atoms with Crippen molar-refractivity contribution in [2.24, 2.45) is 13.0 Å². The molecule has 3 heteroatoms. The number of esters is 1. The molecule has 0 N–H and O–H groups in total. The number of carbonyl (C=O) groups is 1. The minimum absolute atomic E-state index is 0.0641. The lowest BCUT2D eigenvalue weighted by molar-refractivity contribution is -0.145. The van der Waals surface area contributed by atoms with Crippen molar-refractivity contribution in [1.29, 1.82) is 0 Å². The summed E-state index contributed by atoms with van der Waals surface area (Å²) in [5.74, 6) is 0.466. The number of hydrogen-bond donors (Lipinski definition) is 0. The number of ether oxygens (including phenoxy) is 1. The second-order valence-corrected chi connectivity index (χ2v) is 6.40. The quantitative estimate of drug-likeness (QED) is 0.766. The van der Waals surface area contributed by atoms with Crippen LogP contribution in [0.25, 0.3) is 10.9 Å². The highest BCUT2D eigenvalue weighted by Crippen LogP contribution is 2.37. The van der Waals surface area contributed by atoms with Gasteiger partial charge >= 0.3 is 5.97 Å². The van der Waals surface area contributed by atoms with Crippen LogP contribution >= 0.6 is 0 Å². The standard InChI is InChI=1S/C19H25NO2/c1-3-22-19(21)16(12-14-8-4-5-9-14)17-13-20(2)18-11-7-6-10-15(17)18/h6-7,10-11,13-14,16H,3-5,8-9,12H2,1-2H3. The molecular formula is C19H25NO2. The van der Waals surface area contributed by atoms with Gasteiger partial charge in [0.25, 0.3) is 0 Å². The molecule has 3 rings (SSSR count). The van der Waals surface area contributed by atoms with Crippen LogP contribution in [0, 0.1) is 5.92 Å². The van der Waals surface area contributed by atoms with E-state index in [0.29, 0.717) is 12.5 Å². The molecule has 0 saturated heterocycles. The van der Waals surface area contributed by atoms with Gasteiger partial charge in [0.05, 0.1) is 12.5 Å². The van der Waals surface area contributed by atoms with Gasteiger partial charge in [0, 0.05) is 24.1 Å². The highest BCUT2D eigenvalue weighted by molar-refractivity contribution is 5.90. The van der Waals surface area contributed by atoms with E-state index in [-0.39, 0.29) is 11.9 Å². The number of hydrogen-bond acceptors (Lipinski definition) is 2. The van der Waals surface area contributed by atoms with E-state index >= 15 is 0 Å². The number of nitrogens with zero attached hydrogens (tertiary/aromatic N) is 1. The Morgan fingerprint density at radius 2 is 2.05 bits per heavy atom. The lowest BCUT2D eigenvalue weighted by atomic mass is 9.87. The van der Waals surface area contributed by atoms with Crippen LogP contribution in [-0.2, 0) is 16.6 Å². The van der Waals surface area contributed by atoms with E-state index < -0.39 is 0 Å². The van der Waals surface area contributed by atoms with E-state index in [1.54, 1.807) is 0 Å². The van der Waals surface area contributed by atoms with Gasteiger partial charge in [-0.25, -0.2) is 0 Å². The Balaban J connectivity index is 1.97.